The first-order valence-electron chi connectivity index (χ1n) is 11.1. The fourth-order valence-corrected chi connectivity index (χ4v) is 6.59. The Labute approximate surface area is 164 Å². The van der Waals surface area contributed by atoms with E-state index in [9.17, 15) is 4.79 Å². The lowest BCUT2D eigenvalue weighted by molar-refractivity contribution is -0.146. The van der Waals surface area contributed by atoms with Gasteiger partial charge in [0.05, 0.1) is 21.8 Å². The highest BCUT2D eigenvalue weighted by Crippen LogP contribution is 2.20. The number of esters is 1. The predicted octanol–water partition coefficient (Wildman–Crippen LogP) is 4.30. The van der Waals surface area contributed by atoms with Gasteiger partial charge >= 0.3 is 5.97 Å². The Balaban J connectivity index is 2.39. The minimum absolute atomic E-state index is 0.0293. The Hall–Kier alpha value is -0.393. The molecule has 1 aliphatic heterocycles. The van der Waals surface area contributed by atoms with Gasteiger partial charge in [-0.15, -0.1) is 0 Å². The number of carbonyl (C=O) groups excluding carboxylic acids is 1. The summed E-state index contributed by atoms with van der Waals surface area (Å²) in [7, 11) is 0.653. The summed E-state index contributed by atoms with van der Waals surface area (Å²) in [5.41, 5.74) is 0. The first-order chi connectivity index (χ1) is 12.5. The van der Waals surface area contributed by atoms with Crippen LogP contribution in [0.1, 0.15) is 71.6 Å². The average Bonchev–Trinajstić information content (AvgIpc) is 2.62. The van der Waals surface area contributed by atoms with E-state index in [0.717, 1.165) is 13.1 Å². The summed E-state index contributed by atoms with van der Waals surface area (Å²) in [5.74, 6) is 0.494. The summed E-state index contributed by atoms with van der Waals surface area (Å²) < 4.78 is 4.94. The Bertz CT molecular complexity index is 379. The Morgan fingerprint density at radius 2 is 1.62 bits per heavy atom. The zero-order chi connectivity index (χ0) is 19.4. The van der Waals surface area contributed by atoms with Crippen LogP contribution >= 0.6 is 0 Å². The molecule has 1 saturated heterocycles. The van der Waals surface area contributed by atoms with Crippen molar-refractivity contribution < 1.29 is 9.53 Å². The molecule has 154 valence electrons. The van der Waals surface area contributed by atoms with Crippen LogP contribution in [0.25, 0.3) is 0 Å². The third-order valence-electron chi connectivity index (χ3n) is 5.65. The van der Waals surface area contributed by atoms with Gasteiger partial charge < -0.3 is 4.74 Å². The van der Waals surface area contributed by atoms with E-state index < -0.39 is 8.80 Å². The van der Waals surface area contributed by atoms with E-state index in [2.05, 4.69) is 29.8 Å². The lowest BCUT2D eigenvalue weighted by atomic mass is 10.1. The third-order valence-corrected chi connectivity index (χ3v) is 7.68. The molecule has 1 fully saturated rings. The first kappa shape index (κ1) is 23.6. The van der Waals surface area contributed by atoms with Crippen molar-refractivity contribution in [2.45, 2.75) is 90.5 Å². The first-order valence-corrected chi connectivity index (χ1v) is 14.0. The minimum Gasteiger partial charge on any atom is -0.469 e. The fraction of sp³-hybridized carbons (Fsp3) is 0.952. The van der Waals surface area contributed by atoms with Gasteiger partial charge in [-0.05, 0) is 19.4 Å². The van der Waals surface area contributed by atoms with Gasteiger partial charge in [0.2, 0.25) is 0 Å². The number of methoxy groups -OCH3 is 1. The van der Waals surface area contributed by atoms with E-state index in [1.807, 2.05) is 6.92 Å². The smallest absolute Gasteiger partial charge is 0.309 e. The molecule has 1 heterocycles. The van der Waals surface area contributed by atoms with Crippen molar-refractivity contribution in [3.05, 3.63) is 0 Å². The molecule has 0 bridgehead atoms. The van der Waals surface area contributed by atoms with Crippen molar-refractivity contribution in [3.63, 3.8) is 0 Å². The number of hydrogen-bond acceptors (Lipinski definition) is 4. The van der Waals surface area contributed by atoms with Crippen LogP contribution in [0.2, 0.25) is 13.1 Å². The molecule has 1 rings (SSSR count). The van der Waals surface area contributed by atoms with Gasteiger partial charge in [-0.1, -0.05) is 71.9 Å². The number of rotatable bonds is 13. The van der Waals surface area contributed by atoms with Crippen LogP contribution in [-0.4, -0.2) is 63.6 Å². The van der Waals surface area contributed by atoms with E-state index >= 15 is 0 Å². The molecule has 0 aliphatic carbocycles. The maximum Gasteiger partial charge on any atom is 0.309 e. The Kier molecular flexibility index (Phi) is 12.5. The van der Waals surface area contributed by atoms with Crippen LogP contribution < -0.4 is 0 Å². The summed E-state index contributed by atoms with van der Waals surface area (Å²) in [6.07, 6.45) is 12.3. The van der Waals surface area contributed by atoms with Crippen LogP contribution in [0, 0.1) is 5.92 Å². The molecule has 0 radical (unpaired) electrons. The molecule has 4 nitrogen and oxygen atoms in total. The Morgan fingerprint density at radius 3 is 2.19 bits per heavy atom. The summed E-state index contributed by atoms with van der Waals surface area (Å²) in [6, 6.07) is 0. The third kappa shape index (κ3) is 8.53. The molecule has 2 unspecified atom stereocenters. The molecule has 0 N–H and O–H groups in total. The summed E-state index contributed by atoms with van der Waals surface area (Å²) in [5, 5.41) is 0. The van der Waals surface area contributed by atoms with Crippen molar-refractivity contribution in [1.82, 2.24) is 9.80 Å². The number of hydrogen-bond donors (Lipinski definition) is 0. The van der Waals surface area contributed by atoms with Crippen LogP contribution in [0.3, 0.4) is 0 Å². The summed E-state index contributed by atoms with van der Waals surface area (Å²) in [4.78, 5) is 17.1. The Morgan fingerprint density at radius 1 is 1.04 bits per heavy atom. The van der Waals surface area contributed by atoms with E-state index in [1.54, 1.807) is 0 Å². The molecular formula is C21H44N2O2Si. The molecule has 0 aromatic heterocycles. The van der Waals surface area contributed by atoms with E-state index in [0.29, 0.717) is 5.79 Å². The highest BCUT2D eigenvalue weighted by Gasteiger charge is 2.33. The van der Waals surface area contributed by atoms with Crippen molar-refractivity contribution in [2.24, 2.45) is 5.92 Å². The van der Waals surface area contributed by atoms with Gasteiger partial charge in [0, 0.05) is 25.4 Å². The van der Waals surface area contributed by atoms with Gasteiger partial charge in [0.1, 0.15) is 0 Å². The van der Waals surface area contributed by atoms with Gasteiger partial charge in [-0.2, -0.15) is 0 Å². The molecule has 5 heteroatoms. The molecular weight excluding hydrogens is 340 g/mol. The average molecular weight is 385 g/mol. The highest BCUT2D eigenvalue weighted by atomic mass is 28.3. The molecule has 0 spiro atoms. The lowest BCUT2D eigenvalue weighted by Crippen LogP contribution is -2.60. The molecule has 1 aliphatic rings. The van der Waals surface area contributed by atoms with Crippen LogP contribution in [0.15, 0.2) is 0 Å². The second-order valence-corrected chi connectivity index (χ2v) is 11.5. The number of unbranched alkanes of at least 4 members (excludes halogenated alkanes) is 7. The van der Waals surface area contributed by atoms with E-state index in [4.69, 9.17) is 4.74 Å². The number of ether oxygens (including phenoxy) is 1. The second-order valence-electron chi connectivity index (χ2n) is 8.44. The lowest BCUT2D eigenvalue weighted by Gasteiger charge is -2.46. The van der Waals surface area contributed by atoms with E-state index in [-0.39, 0.29) is 11.9 Å². The second kappa shape index (κ2) is 13.7. The largest absolute Gasteiger partial charge is 0.469 e. The molecule has 0 aromatic rings. The molecule has 26 heavy (non-hydrogen) atoms. The SMILES string of the molecule is CCCCCCCCCCN1CCCN(CC(C)C(=O)OC)C1[SiH](C)C. The van der Waals surface area contributed by atoms with Gasteiger partial charge in [0.15, 0.2) is 0 Å². The monoisotopic (exact) mass is 384 g/mol. The standard InChI is InChI=1S/C21H44N2O2Si/c1-6-7-8-9-10-11-12-13-15-22-16-14-17-23(21(22)26(4)5)18-19(2)20(24)25-3/h19,21,26H,6-18H2,1-5H3. The zero-order valence-corrected chi connectivity index (χ0v) is 19.3. The molecule has 0 aromatic carbocycles. The van der Waals surface area contributed by atoms with Crippen LogP contribution in [0.5, 0.6) is 0 Å². The van der Waals surface area contributed by atoms with E-state index in [1.165, 1.54) is 78.0 Å². The highest BCUT2D eigenvalue weighted by molar-refractivity contribution is 6.57. The molecule has 0 saturated carbocycles. The van der Waals surface area contributed by atoms with Gasteiger partial charge in [-0.25, -0.2) is 0 Å². The van der Waals surface area contributed by atoms with Crippen molar-refractivity contribution in [1.29, 1.82) is 0 Å². The van der Waals surface area contributed by atoms with Crippen molar-refractivity contribution in [2.75, 3.05) is 33.3 Å². The molecule has 2 atom stereocenters. The van der Waals surface area contributed by atoms with Gasteiger partial charge in [-0.3, -0.25) is 14.6 Å². The quantitative estimate of drug-likeness (QED) is 0.269. The summed E-state index contributed by atoms with van der Waals surface area (Å²) in [6.45, 7) is 13.6. The van der Waals surface area contributed by atoms with Gasteiger partial charge in [0.25, 0.3) is 0 Å². The maximum atomic E-state index is 11.8. The summed E-state index contributed by atoms with van der Waals surface area (Å²) >= 11 is 0. The fourth-order valence-electron chi connectivity index (χ4n) is 4.34. The van der Waals surface area contributed by atoms with Crippen molar-refractivity contribution in [3.8, 4) is 0 Å². The zero-order valence-electron chi connectivity index (χ0n) is 18.1. The maximum absolute atomic E-state index is 11.8. The van der Waals surface area contributed by atoms with Crippen LogP contribution in [-0.2, 0) is 9.53 Å². The van der Waals surface area contributed by atoms with Crippen LogP contribution in [0.4, 0.5) is 0 Å². The van der Waals surface area contributed by atoms with Crippen molar-refractivity contribution >= 4 is 14.8 Å². The molecule has 0 amide bonds. The topological polar surface area (TPSA) is 32.8 Å². The predicted molar refractivity (Wildman–Crippen MR) is 114 cm³/mol. The normalized spacial score (nSPS) is 20.5. The minimum atomic E-state index is -0.845. The number of carbonyl (C=O) groups is 1. The number of nitrogens with zero attached hydrogens (tertiary/aromatic N) is 2.